The van der Waals surface area contributed by atoms with E-state index in [1.54, 1.807) is 11.8 Å². The zero-order chi connectivity index (χ0) is 13.0. The van der Waals surface area contributed by atoms with Crippen molar-refractivity contribution in [3.8, 4) is 0 Å². The maximum atomic E-state index is 10.9. The average molecular weight is 262 g/mol. The van der Waals surface area contributed by atoms with Crippen LogP contribution >= 0.6 is 11.8 Å². The molecule has 2 aromatic rings. The molecule has 0 aliphatic rings. The second-order valence-electron chi connectivity index (χ2n) is 3.93. The molecule has 2 rings (SSSR count). The molecule has 1 N–H and O–H groups in total. The Morgan fingerprint density at radius 3 is 2.67 bits per heavy atom. The quantitative estimate of drug-likeness (QED) is 0.859. The molecule has 1 aromatic heterocycles. The molecule has 0 unspecified atom stereocenters. The summed E-state index contributed by atoms with van der Waals surface area (Å²) in [6.45, 7) is 3.40. The van der Waals surface area contributed by atoms with Gasteiger partial charge in [0.2, 0.25) is 5.91 Å². The van der Waals surface area contributed by atoms with Gasteiger partial charge in [-0.25, -0.2) is 0 Å². The first-order chi connectivity index (χ1) is 8.63. The summed E-state index contributed by atoms with van der Waals surface area (Å²) in [5.74, 6) is 1.55. The average Bonchev–Trinajstić information content (AvgIpc) is 2.74. The number of hydrogen-bond acceptors (Lipinski definition) is 4. The molecule has 0 radical (unpaired) electrons. The number of aromatic nitrogens is 1. The van der Waals surface area contributed by atoms with Gasteiger partial charge in [-0.15, -0.1) is 11.8 Å². The summed E-state index contributed by atoms with van der Waals surface area (Å²) in [7, 11) is 0. The SMILES string of the molecule is CC(=O)Nc1ccc(SCc2cc(C)no2)cc1. The Morgan fingerprint density at radius 2 is 2.11 bits per heavy atom. The fourth-order valence-electron chi connectivity index (χ4n) is 1.48. The van der Waals surface area contributed by atoms with Crippen LogP contribution in [0.4, 0.5) is 5.69 Å². The molecule has 0 aliphatic carbocycles. The van der Waals surface area contributed by atoms with Crippen LogP contribution in [0.15, 0.2) is 39.8 Å². The minimum atomic E-state index is -0.0625. The van der Waals surface area contributed by atoms with E-state index in [9.17, 15) is 4.79 Å². The summed E-state index contributed by atoms with van der Waals surface area (Å²) in [6, 6.07) is 9.64. The van der Waals surface area contributed by atoms with Crippen LogP contribution in [0.25, 0.3) is 0 Å². The predicted octanol–water partition coefficient (Wildman–Crippen LogP) is 3.23. The Bertz CT molecular complexity index is 534. The van der Waals surface area contributed by atoms with Gasteiger partial charge in [0.25, 0.3) is 0 Å². The van der Waals surface area contributed by atoms with Crippen molar-refractivity contribution in [1.82, 2.24) is 5.16 Å². The summed E-state index contributed by atoms with van der Waals surface area (Å²) in [4.78, 5) is 12.0. The number of carbonyl (C=O) groups excluding carboxylic acids is 1. The van der Waals surface area contributed by atoms with Crippen molar-refractivity contribution in [1.29, 1.82) is 0 Å². The van der Waals surface area contributed by atoms with Gasteiger partial charge in [-0.05, 0) is 31.2 Å². The smallest absolute Gasteiger partial charge is 0.221 e. The largest absolute Gasteiger partial charge is 0.360 e. The highest BCUT2D eigenvalue weighted by Gasteiger charge is 2.02. The number of rotatable bonds is 4. The Kier molecular flexibility index (Phi) is 4.04. The van der Waals surface area contributed by atoms with Gasteiger partial charge >= 0.3 is 0 Å². The van der Waals surface area contributed by atoms with E-state index in [1.807, 2.05) is 37.3 Å². The lowest BCUT2D eigenvalue weighted by molar-refractivity contribution is -0.114. The molecule has 0 saturated carbocycles. The zero-order valence-corrected chi connectivity index (χ0v) is 11.1. The van der Waals surface area contributed by atoms with Gasteiger partial charge in [0, 0.05) is 23.6 Å². The summed E-state index contributed by atoms with van der Waals surface area (Å²) in [5.41, 5.74) is 1.70. The maximum Gasteiger partial charge on any atom is 0.221 e. The zero-order valence-electron chi connectivity index (χ0n) is 10.3. The van der Waals surface area contributed by atoms with E-state index in [2.05, 4.69) is 10.5 Å². The van der Waals surface area contributed by atoms with Crippen molar-refractivity contribution in [2.24, 2.45) is 0 Å². The third kappa shape index (κ3) is 3.63. The number of nitrogens with one attached hydrogen (secondary N) is 1. The predicted molar refractivity (Wildman–Crippen MR) is 71.5 cm³/mol. The van der Waals surface area contributed by atoms with Gasteiger partial charge < -0.3 is 9.84 Å². The highest BCUT2D eigenvalue weighted by atomic mass is 32.2. The Labute approximate surface area is 110 Å². The lowest BCUT2D eigenvalue weighted by atomic mass is 10.3. The van der Waals surface area contributed by atoms with Crippen molar-refractivity contribution < 1.29 is 9.32 Å². The molecule has 0 saturated heterocycles. The van der Waals surface area contributed by atoms with E-state index < -0.39 is 0 Å². The lowest BCUT2D eigenvalue weighted by Gasteiger charge is -2.03. The number of benzene rings is 1. The molecule has 0 aliphatic heterocycles. The monoisotopic (exact) mass is 262 g/mol. The van der Waals surface area contributed by atoms with Gasteiger partial charge in [0.05, 0.1) is 11.4 Å². The van der Waals surface area contributed by atoms with E-state index >= 15 is 0 Å². The van der Waals surface area contributed by atoms with Gasteiger partial charge in [-0.2, -0.15) is 0 Å². The summed E-state index contributed by atoms with van der Waals surface area (Å²) in [6.07, 6.45) is 0. The molecule has 5 heteroatoms. The van der Waals surface area contributed by atoms with Crippen molar-refractivity contribution in [2.75, 3.05) is 5.32 Å². The number of aryl methyl sites for hydroxylation is 1. The molecule has 1 heterocycles. The fourth-order valence-corrected chi connectivity index (χ4v) is 2.25. The molecule has 4 nitrogen and oxygen atoms in total. The standard InChI is InChI=1S/C13H14N2O2S/c1-9-7-12(17-15-9)8-18-13-5-3-11(4-6-13)14-10(2)16/h3-7H,8H2,1-2H3,(H,14,16). The number of nitrogens with zero attached hydrogens (tertiary/aromatic N) is 1. The molecule has 0 fully saturated rings. The summed E-state index contributed by atoms with van der Waals surface area (Å²) < 4.78 is 5.13. The maximum absolute atomic E-state index is 10.9. The molecule has 1 amide bonds. The first kappa shape index (κ1) is 12.7. The Hall–Kier alpha value is -1.75. The van der Waals surface area contributed by atoms with E-state index in [1.165, 1.54) is 6.92 Å². The summed E-state index contributed by atoms with van der Waals surface area (Å²) >= 11 is 1.67. The van der Waals surface area contributed by atoms with Gasteiger partial charge in [-0.1, -0.05) is 5.16 Å². The highest BCUT2D eigenvalue weighted by Crippen LogP contribution is 2.24. The number of thioether (sulfide) groups is 1. The topological polar surface area (TPSA) is 55.1 Å². The normalized spacial score (nSPS) is 10.3. The van der Waals surface area contributed by atoms with Crippen molar-refractivity contribution in [3.63, 3.8) is 0 Å². The number of carbonyl (C=O) groups is 1. The highest BCUT2D eigenvalue weighted by molar-refractivity contribution is 7.98. The van der Waals surface area contributed by atoms with Gasteiger partial charge in [0.1, 0.15) is 5.76 Å². The molecule has 94 valence electrons. The van der Waals surface area contributed by atoms with Crippen LogP contribution in [0, 0.1) is 6.92 Å². The van der Waals surface area contributed by atoms with Crippen LogP contribution in [0.3, 0.4) is 0 Å². The summed E-state index contributed by atoms with van der Waals surface area (Å²) in [5, 5.41) is 6.57. The van der Waals surface area contributed by atoms with Gasteiger partial charge in [0.15, 0.2) is 0 Å². The Balaban J connectivity index is 1.92. The molecular formula is C13H14N2O2S. The number of amides is 1. The first-order valence-electron chi connectivity index (χ1n) is 5.56. The van der Waals surface area contributed by atoms with Crippen LogP contribution in [-0.2, 0) is 10.5 Å². The van der Waals surface area contributed by atoms with E-state index in [-0.39, 0.29) is 5.91 Å². The second kappa shape index (κ2) is 5.73. The molecule has 0 bridgehead atoms. The minimum absolute atomic E-state index is 0.0625. The Morgan fingerprint density at radius 1 is 1.39 bits per heavy atom. The lowest BCUT2D eigenvalue weighted by Crippen LogP contribution is -2.05. The van der Waals surface area contributed by atoms with Crippen LogP contribution in [0.5, 0.6) is 0 Å². The third-order valence-electron chi connectivity index (χ3n) is 2.23. The number of anilines is 1. The molecule has 1 aromatic carbocycles. The van der Waals surface area contributed by atoms with Crippen molar-refractivity contribution in [2.45, 2.75) is 24.5 Å². The van der Waals surface area contributed by atoms with E-state index in [4.69, 9.17) is 4.52 Å². The fraction of sp³-hybridized carbons (Fsp3) is 0.231. The van der Waals surface area contributed by atoms with Gasteiger partial charge in [-0.3, -0.25) is 4.79 Å². The van der Waals surface area contributed by atoms with Crippen LogP contribution in [0.2, 0.25) is 0 Å². The van der Waals surface area contributed by atoms with E-state index in [0.717, 1.165) is 27.8 Å². The molecule has 0 atom stereocenters. The first-order valence-corrected chi connectivity index (χ1v) is 6.55. The third-order valence-corrected chi connectivity index (χ3v) is 3.27. The van der Waals surface area contributed by atoms with Crippen LogP contribution in [0.1, 0.15) is 18.4 Å². The van der Waals surface area contributed by atoms with Crippen molar-refractivity contribution in [3.05, 3.63) is 41.8 Å². The van der Waals surface area contributed by atoms with Crippen LogP contribution in [-0.4, -0.2) is 11.1 Å². The molecular weight excluding hydrogens is 248 g/mol. The molecule has 18 heavy (non-hydrogen) atoms. The second-order valence-corrected chi connectivity index (χ2v) is 4.98. The van der Waals surface area contributed by atoms with E-state index in [0.29, 0.717) is 0 Å². The van der Waals surface area contributed by atoms with Crippen molar-refractivity contribution >= 4 is 23.4 Å². The van der Waals surface area contributed by atoms with Crippen LogP contribution < -0.4 is 5.32 Å². The minimum Gasteiger partial charge on any atom is -0.360 e. The molecule has 0 spiro atoms. The number of hydrogen-bond donors (Lipinski definition) is 1.